The maximum absolute atomic E-state index is 4.22. The molecule has 0 unspecified atom stereocenters. The maximum Gasteiger partial charge on any atom is 0.0826 e. The highest BCUT2D eigenvalue weighted by molar-refractivity contribution is 5.54. The van der Waals surface area contributed by atoms with Crippen LogP contribution in [0, 0.1) is 0 Å². The van der Waals surface area contributed by atoms with Crippen molar-refractivity contribution in [3.05, 3.63) is 0 Å². The zero-order valence-corrected chi connectivity index (χ0v) is 8.67. The Balaban J connectivity index is 3.24. The van der Waals surface area contributed by atoms with Gasteiger partial charge in [0.25, 0.3) is 0 Å². The number of nitrogens with zero attached hydrogens (tertiary/aromatic N) is 2. The summed E-state index contributed by atoms with van der Waals surface area (Å²) in [4.78, 5) is 6.46. The smallest absolute Gasteiger partial charge is 0.0826 e. The average Bonchev–Trinajstić information content (AvgIpc) is 2.03. The Hall–Kier alpha value is -0.570. The van der Waals surface area contributed by atoms with Crippen LogP contribution in [-0.4, -0.2) is 44.0 Å². The van der Waals surface area contributed by atoms with Gasteiger partial charge in [-0.05, 0) is 27.4 Å². The van der Waals surface area contributed by atoms with Crippen molar-refractivity contribution in [2.75, 3.05) is 26.7 Å². The Bertz CT molecular complexity index is 121. The highest BCUT2D eigenvalue weighted by Gasteiger charge is 1.90. The molecule has 0 aromatic heterocycles. The topological polar surface area (TPSA) is 27.6 Å². The van der Waals surface area contributed by atoms with Crippen molar-refractivity contribution >= 4 is 6.34 Å². The van der Waals surface area contributed by atoms with Gasteiger partial charge in [0.15, 0.2) is 0 Å². The van der Waals surface area contributed by atoms with Crippen molar-refractivity contribution in [2.24, 2.45) is 4.99 Å². The van der Waals surface area contributed by atoms with E-state index in [4.69, 9.17) is 0 Å². The molecule has 72 valence electrons. The standard InChI is InChI=1S/C9H21N3/c1-5-12(4)7-6-10-8-11-9(2)3/h8-9H,5-7H2,1-4H3,(H,10,11). The fourth-order valence-corrected chi connectivity index (χ4v) is 0.653. The third kappa shape index (κ3) is 7.54. The molecular formula is C9H21N3. The van der Waals surface area contributed by atoms with Gasteiger partial charge in [-0.25, -0.2) is 0 Å². The second-order valence-corrected chi connectivity index (χ2v) is 3.25. The Morgan fingerprint density at radius 2 is 2.17 bits per heavy atom. The second-order valence-electron chi connectivity index (χ2n) is 3.25. The van der Waals surface area contributed by atoms with Gasteiger partial charge in [0, 0.05) is 12.6 Å². The van der Waals surface area contributed by atoms with Crippen LogP contribution >= 0.6 is 0 Å². The molecule has 0 aromatic carbocycles. The normalized spacial score (nSPS) is 11.8. The van der Waals surface area contributed by atoms with E-state index in [1.165, 1.54) is 0 Å². The fraction of sp³-hybridized carbons (Fsp3) is 0.889. The molecule has 0 amide bonds. The number of aliphatic imine (C=N–C) groups is 1. The first-order valence-electron chi connectivity index (χ1n) is 4.59. The summed E-state index contributed by atoms with van der Waals surface area (Å²) in [5.41, 5.74) is 0. The van der Waals surface area contributed by atoms with Crippen molar-refractivity contribution < 1.29 is 0 Å². The summed E-state index contributed by atoms with van der Waals surface area (Å²) in [7, 11) is 2.10. The van der Waals surface area contributed by atoms with Crippen LogP contribution in [0.2, 0.25) is 0 Å². The lowest BCUT2D eigenvalue weighted by molar-refractivity contribution is 0.363. The molecule has 0 fully saturated rings. The molecule has 0 atom stereocenters. The molecule has 0 radical (unpaired) electrons. The number of likely N-dealkylation sites (N-methyl/N-ethyl adjacent to an activating group) is 1. The van der Waals surface area contributed by atoms with Crippen LogP contribution in [0.15, 0.2) is 4.99 Å². The van der Waals surface area contributed by atoms with E-state index in [2.05, 4.69) is 43.0 Å². The van der Waals surface area contributed by atoms with E-state index in [-0.39, 0.29) is 0 Å². The van der Waals surface area contributed by atoms with Crippen molar-refractivity contribution in [1.29, 1.82) is 0 Å². The molecule has 0 saturated carbocycles. The number of hydrogen-bond acceptors (Lipinski definition) is 2. The van der Waals surface area contributed by atoms with Crippen molar-refractivity contribution in [1.82, 2.24) is 10.2 Å². The van der Waals surface area contributed by atoms with Crippen molar-refractivity contribution in [3.8, 4) is 0 Å². The van der Waals surface area contributed by atoms with E-state index in [0.29, 0.717) is 6.04 Å². The first-order chi connectivity index (χ1) is 5.66. The summed E-state index contributed by atoms with van der Waals surface area (Å²) >= 11 is 0. The van der Waals surface area contributed by atoms with Gasteiger partial charge in [-0.1, -0.05) is 6.92 Å². The lowest BCUT2D eigenvalue weighted by Gasteiger charge is -2.11. The van der Waals surface area contributed by atoms with Crippen molar-refractivity contribution in [3.63, 3.8) is 0 Å². The van der Waals surface area contributed by atoms with Gasteiger partial charge < -0.3 is 10.2 Å². The molecule has 0 spiro atoms. The first kappa shape index (κ1) is 11.4. The highest BCUT2D eigenvalue weighted by atomic mass is 15.1. The van der Waals surface area contributed by atoms with Crippen LogP contribution in [0.3, 0.4) is 0 Å². The number of hydrogen-bond donors (Lipinski definition) is 1. The summed E-state index contributed by atoms with van der Waals surface area (Å²) in [6.45, 7) is 9.36. The molecule has 0 bridgehead atoms. The van der Waals surface area contributed by atoms with Crippen LogP contribution in [0.25, 0.3) is 0 Å². The SMILES string of the molecule is CCN(C)CCN=CNC(C)C. The molecule has 12 heavy (non-hydrogen) atoms. The van der Waals surface area contributed by atoms with Crippen LogP contribution in [0.1, 0.15) is 20.8 Å². The van der Waals surface area contributed by atoms with Gasteiger partial charge >= 0.3 is 0 Å². The molecule has 0 heterocycles. The quantitative estimate of drug-likeness (QED) is 0.476. The average molecular weight is 171 g/mol. The van der Waals surface area contributed by atoms with E-state index in [9.17, 15) is 0 Å². The van der Waals surface area contributed by atoms with Gasteiger partial charge in [0.2, 0.25) is 0 Å². The van der Waals surface area contributed by atoms with E-state index >= 15 is 0 Å². The predicted molar refractivity (Wildman–Crippen MR) is 54.8 cm³/mol. The van der Waals surface area contributed by atoms with E-state index < -0.39 is 0 Å². The molecule has 0 saturated heterocycles. The van der Waals surface area contributed by atoms with Crippen molar-refractivity contribution in [2.45, 2.75) is 26.8 Å². The third-order valence-corrected chi connectivity index (χ3v) is 1.65. The monoisotopic (exact) mass is 171 g/mol. The van der Waals surface area contributed by atoms with Gasteiger partial charge in [-0.3, -0.25) is 4.99 Å². The molecule has 0 rings (SSSR count). The minimum absolute atomic E-state index is 0.484. The molecule has 1 N–H and O–H groups in total. The lowest BCUT2D eigenvalue weighted by atomic mass is 10.4. The molecule has 3 heteroatoms. The Kier molecular flexibility index (Phi) is 6.76. The number of rotatable bonds is 6. The first-order valence-corrected chi connectivity index (χ1v) is 4.59. The number of nitrogens with one attached hydrogen (secondary N) is 1. The zero-order chi connectivity index (χ0) is 9.40. The molecule has 3 nitrogen and oxygen atoms in total. The minimum atomic E-state index is 0.484. The molecule has 0 aliphatic rings. The Labute approximate surface area is 75.9 Å². The fourth-order valence-electron chi connectivity index (χ4n) is 0.653. The summed E-state index contributed by atoms with van der Waals surface area (Å²) in [5, 5.41) is 3.13. The van der Waals surface area contributed by atoms with Crippen LogP contribution in [-0.2, 0) is 0 Å². The van der Waals surface area contributed by atoms with Gasteiger partial charge in [-0.15, -0.1) is 0 Å². The van der Waals surface area contributed by atoms with Crippen LogP contribution in [0.4, 0.5) is 0 Å². The van der Waals surface area contributed by atoms with Gasteiger partial charge in [0.05, 0.1) is 12.9 Å². The minimum Gasteiger partial charge on any atom is -0.374 e. The summed E-state index contributed by atoms with van der Waals surface area (Å²) in [6, 6.07) is 0.484. The molecular weight excluding hydrogens is 150 g/mol. The lowest BCUT2D eigenvalue weighted by Crippen LogP contribution is -2.23. The summed E-state index contributed by atoms with van der Waals surface area (Å²) < 4.78 is 0. The summed E-state index contributed by atoms with van der Waals surface area (Å²) in [6.07, 6.45) is 1.80. The molecule has 0 aliphatic heterocycles. The van der Waals surface area contributed by atoms with Crippen LogP contribution < -0.4 is 5.32 Å². The predicted octanol–water partition coefficient (Wildman–Crippen LogP) is 0.964. The maximum atomic E-state index is 4.22. The van der Waals surface area contributed by atoms with Gasteiger partial charge in [0.1, 0.15) is 0 Å². The zero-order valence-electron chi connectivity index (χ0n) is 8.67. The third-order valence-electron chi connectivity index (χ3n) is 1.65. The van der Waals surface area contributed by atoms with Gasteiger partial charge in [-0.2, -0.15) is 0 Å². The second kappa shape index (κ2) is 7.10. The summed E-state index contributed by atoms with van der Waals surface area (Å²) in [5.74, 6) is 0. The van der Waals surface area contributed by atoms with E-state index in [1.54, 1.807) is 6.34 Å². The largest absolute Gasteiger partial charge is 0.374 e. The van der Waals surface area contributed by atoms with E-state index in [0.717, 1.165) is 19.6 Å². The Morgan fingerprint density at radius 1 is 1.50 bits per heavy atom. The van der Waals surface area contributed by atoms with Crippen LogP contribution in [0.5, 0.6) is 0 Å². The highest BCUT2D eigenvalue weighted by Crippen LogP contribution is 1.80. The Morgan fingerprint density at radius 3 is 2.67 bits per heavy atom. The molecule has 0 aromatic rings. The van der Waals surface area contributed by atoms with E-state index in [1.807, 2.05) is 0 Å². The molecule has 0 aliphatic carbocycles.